The third kappa shape index (κ3) is 4.45. The molecule has 0 saturated carbocycles. The van der Waals surface area contributed by atoms with E-state index in [-0.39, 0.29) is 11.8 Å². The molecule has 1 aliphatic rings. The van der Waals surface area contributed by atoms with Crippen LogP contribution in [0.3, 0.4) is 0 Å². The van der Waals surface area contributed by atoms with E-state index in [1.165, 1.54) is 0 Å². The van der Waals surface area contributed by atoms with Crippen LogP contribution in [0.4, 0.5) is 0 Å². The van der Waals surface area contributed by atoms with Crippen molar-refractivity contribution in [3.05, 3.63) is 59.7 Å². The fourth-order valence-electron chi connectivity index (χ4n) is 3.08. The van der Waals surface area contributed by atoms with Crippen LogP contribution >= 0.6 is 0 Å². The molecule has 3 rings (SSSR count). The highest BCUT2D eigenvalue weighted by atomic mass is 16.2. The van der Waals surface area contributed by atoms with Crippen molar-refractivity contribution >= 4 is 11.8 Å². The second kappa shape index (κ2) is 8.56. The highest BCUT2D eigenvalue weighted by Gasteiger charge is 2.21. The summed E-state index contributed by atoms with van der Waals surface area (Å²) in [5, 5.41) is 0. The van der Waals surface area contributed by atoms with Gasteiger partial charge in [-0.05, 0) is 55.5 Å². The highest BCUT2D eigenvalue weighted by Crippen LogP contribution is 2.13. The van der Waals surface area contributed by atoms with E-state index in [0.29, 0.717) is 17.9 Å². The first kappa shape index (κ1) is 18.0. The Kier molecular flexibility index (Phi) is 5.94. The number of likely N-dealkylation sites (N-methyl/N-ethyl adjacent to an activating group) is 1. The van der Waals surface area contributed by atoms with Gasteiger partial charge >= 0.3 is 0 Å². The van der Waals surface area contributed by atoms with E-state index in [0.717, 1.165) is 44.3 Å². The first-order chi connectivity index (χ1) is 12.6. The van der Waals surface area contributed by atoms with Crippen molar-refractivity contribution < 1.29 is 9.59 Å². The number of pyridine rings is 2. The van der Waals surface area contributed by atoms with Crippen molar-refractivity contribution in [2.24, 2.45) is 0 Å². The van der Waals surface area contributed by atoms with Crippen LogP contribution in [0.2, 0.25) is 0 Å². The molecule has 1 fully saturated rings. The lowest BCUT2D eigenvalue weighted by atomic mass is 10.1. The Hall–Kier alpha value is -2.76. The van der Waals surface area contributed by atoms with Gasteiger partial charge in [0.05, 0.1) is 0 Å². The predicted molar refractivity (Wildman–Crippen MR) is 98.9 cm³/mol. The molecule has 2 amide bonds. The second-order valence-electron chi connectivity index (χ2n) is 6.59. The van der Waals surface area contributed by atoms with Crippen LogP contribution in [-0.4, -0.2) is 58.3 Å². The average molecular weight is 352 g/mol. The SMILES string of the molecule is CN(CCc1ccncc1)C(=O)c1cccc(C(=O)N2CCCCC2)n1. The molecule has 0 atom stereocenters. The molecule has 0 N–H and O–H groups in total. The number of amides is 2. The molecule has 2 aromatic heterocycles. The molecule has 1 saturated heterocycles. The van der Waals surface area contributed by atoms with Gasteiger partial charge in [-0.1, -0.05) is 6.07 Å². The Bertz CT molecular complexity index is 757. The topological polar surface area (TPSA) is 66.4 Å². The fraction of sp³-hybridized carbons (Fsp3) is 0.400. The van der Waals surface area contributed by atoms with Gasteiger partial charge in [-0.2, -0.15) is 0 Å². The minimum Gasteiger partial charge on any atom is -0.340 e. The van der Waals surface area contributed by atoms with Crippen LogP contribution in [0.1, 0.15) is 45.8 Å². The Morgan fingerprint density at radius 2 is 1.73 bits per heavy atom. The Balaban J connectivity index is 1.64. The summed E-state index contributed by atoms with van der Waals surface area (Å²) in [6.07, 6.45) is 7.46. The highest BCUT2D eigenvalue weighted by molar-refractivity contribution is 5.96. The zero-order valence-corrected chi connectivity index (χ0v) is 15.1. The van der Waals surface area contributed by atoms with Gasteiger partial charge in [0, 0.05) is 39.1 Å². The van der Waals surface area contributed by atoms with Crippen LogP contribution in [0.25, 0.3) is 0 Å². The molecule has 0 radical (unpaired) electrons. The van der Waals surface area contributed by atoms with Crippen LogP contribution in [0.15, 0.2) is 42.7 Å². The summed E-state index contributed by atoms with van der Waals surface area (Å²) in [6.45, 7) is 2.11. The monoisotopic (exact) mass is 352 g/mol. The van der Waals surface area contributed by atoms with E-state index in [1.54, 1.807) is 42.5 Å². The molecule has 6 heteroatoms. The van der Waals surface area contributed by atoms with E-state index in [4.69, 9.17) is 0 Å². The number of hydrogen-bond acceptors (Lipinski definition) is 4. The van der Waals surface area contributed by atoms with Gasteiger partial charge in [0.25, 0.3) is 11.8 Å². The number of piperidine rings is 1. The predicted octanol–water partition coefficient (Wildman–Crippen LogP) is 2.42. The molecule has 136 valence electrons. The van der Waals surface area contributed by atoms with Gasteiger partial charge in [0.2, 0.25) is 0 Å². The Labute approximate surface area is 153 Å². The van der Waals surface area contributed by atoms with E-state index in [9.17, 15) is 9.59 Å². The number of carbonyl (C=O) groups excluding carboxylic acids is 2. The number of likely N-dealkylation sites (tertiary alicyclic amines) is 1. The molecule has 6 nitrogen and oxygen atoms in total. The van der Waals surface area contributed by atoms with Gasteiger partial charge in [0.1, 0.15) is 11.4 Å². The zero-order chi connectivity index (χ0) is 18.4. The molecule has 0 aliphatic carbocycles. The molecule has 0 aromatic carbocycles. The molecule has 2 aromatic rings. The number of rotatable bonds is 5. The standard InChI is InChI=1S/C20H24N4O2/c1-23(15-10-16-8-11-21-12-9-16)19(25)17-6-5-7-18(22-17)20(26)24-13-3-2-4-14-24/h5-9,11-12H,2-4,10,13-15H2,1H3. The molecule has 26 heavy (non-hydrogen) atoms. The van der Waals surface area contributed by atoms with Gasteiger partial charge in [0.15, 0.2) is 0 Å². The molecule has 0 unspecified atom stereocenters. The maximum atomic E-state index is 12.6. The molecular formula is C20H24N4O2. The lowest BCUT2D eigenvalue weighted by Crippen LogP contribution is -2.36. The van der Waals surface area contributed by atoms with Crippen molar-refractivity contribution in [2.75, 3.05) is 26.7 Å². The van der Waals surface area contributed by atoms with Crippen LogP contribution < -0.4 is 0 Å². The number of aromatic nitrogens is 2. The summed E-state index contributed by atoms with van der Waals surface area (Å²) in [6, 6.07) is 8.96. The minimum absolute atomic E-state index is 0.0845. The van der Waals surface area contributed by atoms with E-state index in [2.05, 4.69) is 9.97 Å². The molecule has 3 heterocycles. The van der Waals surface area contributed by atoms with Crippen molar-refractivity contribution in [3.63, 3.8) is 0 Å². The lowest BCUT2D eigenvalue weighted by molar-refractivity contribution is 0.0717. The summed E-state index contributed by atoms with van der Waals surface area (Å²) in [5.41, 5.74) is 1.78. The maximum Gasteiger partial charge on any atom is 0.272 e. The van der Waals surface area contributed by atoms with E-state index in [1.807, 2.05) is 17.0 Å². The molecule has 0 spiro atoms. The quantitative estimate of drug-likeness (QED) is 0.829. The third-order valence-electron chi connectivity index (χ3n) is 4.66. The van der Waals surface area contributed by atoms with Gasteiger partial charge in [-0.15, -0.1) is 0 Å². The van der Waals surface area contributed by atoms with Crippen LogP contribution in [-0.2, 0) is 6.42 Å². The summed E-state index contributed by atoms with van der Waals surface area (Å²) in [5.74, 6) is -0.258. The van der Waals surface area contributed by atoms with Crippen LogP contribution in [0, 0.1) is 0 Å². The second-order valence-corrected chi connectivity index (χ2v) is 6.59. The van der Waals surface area contributed by atoms with Crippen LogP contribution in [0.5, 0.6) is 0 Å². The van der Waals surface area contributed by atoms with Crippen molar-refractivity contribution in [1.82, 2.24) is 19.8 Å². The van der Waals surface area contributed by atoms with Gasteiger partial charge in [-0.25, -0.2) is 4.98 Å². The lowest BCUT2D eigenvalue weighted by Gasteiger charge is -2.26. The smallest absolute Gasteiger partial charge is 0.272 e. The Morgan fingerprint density at radius 3 is 2.46 bits per heavy atom. The number of nitrogens with zero attached hydrogens (tertiary/aromatic N) is 4. The molecular weight excluding hydrogens is 328 g/mol. The van der Waals surface area contributed by atoms with Crippen molar-refractivity contribution in [3.8, 4) is 0 Å². The van der Waals surface area contributed by atoms with E-state index < -0.39 is 0 Å². The van der Waals surface area contributed by atoms with Crippen molar-refractivity contribution in [1.29, 1.82) is 0 Å². The summed E-state index contributed by atoms with van der Waals surface area (Å²) >= 11 is 0. The normalized spacial score (nSPS) is 14.1. The van der Waals surface area contributed by atoms with E-state index >= 15 is 0 Å². The Morgan fingerprint density at radius 1 is 1.04 bits per heavy atom. The summed E-state index contributed by atoms with van der Waals surface area (Å²) in [4.78, 5) is 37.0. The minimum atomic E-state index is -0.174. The third-order valence-corrected chi connectivity index (χ3v) is 4.66. The summed E-state index contributed by atoms with van der Waals surface area (Å²) in [7, 11) is 1.75. The summed E-state index contributed by atoms with van der Waals surface area (Å²) < 4.78 is 0. The average Bonchev–Trinajstić information content (AvgIpc) is 2.72. The molecule has 1 aliphatic heterocycles. The first-order valence-electron chi connectivity index (χ1n) is 9.06. The zero-order valence-electron chi connectivity index (χ0n) is 15.1. The largest absolute Gasteiger partial charge is 0.340 e. The number of hydrogen-bond donors (Lipinski definition) is 0. The number of carbonyl (C=O) groups is 2. The first-order valence-corrected chi connectivity index (χ1v) is 9.06. The van der Waals surface area contributed by atoms with Crippen molar-refractivity contribution in [2.45, 2.75) is 25.7 Å². The molecule has 0 bridgehead atoms. The maximum absolute atomic E-state index is 12.6. The van der Waals surface area contributed by atoms with Gasteiger partial charge in [-0.3, -0.25) is 14.6 Å². The van der Waals surface area contributed by atoms with Gasteiger partial charge < -0.3 is 9.80 Å². The fourth-order valence-corrected chi connectivity index (χ4v) is 3.08.